The Morgan fingerprint density at radius 3 is 2.62 bits per heavy atom. The van der Waals surface area contributed by atoms with Gasteiger partial charge in [-0.3, -0.25) is 0 Å². The van der Waals surface area contributed by atoms with Crippen molar-refractivity contribution >= 4 is 32.5 Å². The van der Waals surface area contributed by atoms with E-state index in [2.05, 4.69) is 34.2 Å². The highest BCUT2D eigenvalue weighted by Crippen LogP contribution is 2.46. The van der Waals surface area contributed by atoms with Crippen LogP contribution >= 0.6 is 11.3 Å². The Morgan fingerprint density at radius 2 is 1.94 bits per heavy atom. The lowest BCUT2D eigenvalue weighted by atomic mass is 9.75. The van der Waals surface area contributed by atoms with Gasteiger partial charge in [0.2, 0.25) is 0 Å². The predicted octanol–water partition coefficient (Wildman–Crippen LogP) is 7.92. The molecule has 2 aromatic carbocycles. The fraction of sp³-hybridized carbons (Fsp3) is 0.500. The van der Waals surface area contributed by atoms with Crippen molar-refractivity contribution in [2.75, 3.05) is 5.32 Å². The van der Waals surface area contributed by atoms with Crippen molar-refractivity contribution in [3.63, 3.8) is 0 Å². The van der Waals surface area contributed by atoms with E-state index in [1.807, 2.05) is 26.0 Å². The number of para-hydroxylation sites is 1. The number of hydrazone groups is 1. The number of thiazole rings is 1. The molecule has 2 heterocycles. The van der Waals surface area contributed by atoms with E-state index in [1.54, 1.807) is 12.1 Å². The monoisotopic (exact) mass is 686 g/mol. The quantitative estimate of drug-likeness (QED) is 0.0586. The number of rotatable bonds is 12. The second-order valence-electron chi connectivity index (χ2n) is 12.9. The highest BCUT2D eigenvalue weighted by Gasteiger charge is 2.38. The minimum absolute atomic E-state index is 0.0537. The normalized spacial score (nSPS) is 22.0. The Kier molecular flexibility index (Phi) is 9.75. The molecule has 4 unspecified atom stereocenters. The third-order valence-corrected chi connectivity index (χ3v) is 9.92. The van der Waals surface area contributed by atoms with Crippen LogP contribution < -0.4 is 26.4 Å². The average Bonchev–Trinajstić information content (AvgIpc) is 3.66. The summed E-state index contributed by atoms with van der Waals surface area (Å²) < 4.78 is 63.2. The van der Waals surface area contributed by atoms with Gasteiger partial charge in [-0.05, 0) is 75.6 Å². The number of nitrogens with one attached hydrogen (secondary N) is 1. The molecule has 4 atom stereocenters. The third kappa shape index (κ3) is 7.49. The molecule has 0 aliphatic heterocycles. The predicted molar refractivity (Wildman–Crippen MR) is 179 cm³/mol. The van der Waals surface area contributed by atoms with Crippen LogP contribution in [0.15, 0.2) is 46.0 Å². The van der Waals surface area contributed by atoms with Gasteiger partial charge >= 0.3 is 6.36 Å². The zero-order chi connectivity index (χ0) is 34.2. The molecule has 2 aliphatic rings. The first-order chi connectivity index (χ1) is 22.9. The molecule has 2 saturated carbocycles. The van der Waals surface area contributed by atoms with Crippen molar-refractivity contribution < 1.29 is 31.9 Å². The summed E-state index contributed by atoms with van der Waals surface area (Å²) in [7, 11) is 0. The Hall–Kier alpha value is -4.04. The van der Waals surface area contributed by atoms with E-state index >= 15 is 0 Å². The van der Waals surface area contributed by atoms with Gasteiger partial charge in [-0.15, -0.1) is 13.2 Å². The van der Waals surface area contributed by atoms with Crippen molar-refractivity contribution in [3.8, 4) is 22.8 Å². The second kappa shape index (κ2) is 13.8. The van der Waals surface area contributed by atoms with Crippen LogP contribution in [0.1, 0.15) is 82.6 Å². The number of alkyl halides is 3. The van der Waals surface area contributed by atoms with Crippen LogP contribution in [-0.2, 0) is 11.3 Å². The molecule has 14 heteroatoms. The van der Waals surface area contributed by atoms with Gasteiger partial charge in [-0.25, -0.2) is 4.98 Å². The Bertz CT molecular complexity index is 1770. The number of anilines is 1. The number of aromatic nitrogens is 2. The molecule has 258 valence electrons. The van der Waals surface area contributed by atoms with E-state index in [4.69, 9.17) is 30.6 Å². The standard InChI is InChI=1S/C34H41F3N6O4S/c1-5-19-13-22(44-16-24-29(43-47-31(24)20-10-11-20)23-8-6-7-9-25(23)46-34(35,36)37)12-18(4)28(19)40-33-41-30-26(45-17(2)3)14-21(32(38)42-39)15-27(30)48-33/h6-9,14-15,17-20,22,28H,5,10-13,16,39H2,1-4H3,(H2,38,42)(H,40,41). The van der Waals surface area contributed by atoms with E-state index in [0.717, 1.165) is 47.5 Å². The molecule has 6 rings (SSSR count). The number of nitrogens with zero attached hydrogens (tertiary/aromatic N) is 3. The minimum Gasteiger partial charge on any atom is -0.489 e. The molecular formula is C34H41F3N6O4S. The number of hydrogen-bond acceptors (Lipinski definition) is 10. The molecule has 2 aromatic heterocycles. The molecule has 0 spiro atoms. The lowest BCUT2D eigenvalue weighted by molar-refractivity contribution is -0.274. The average molecular weight is 687 g/mol. The first-order valence-electron chi connectivity index (χ1n) is 16.3. The summed E-state index contributed by atoms with van der Waals surface area (Å²) in [5.74, 6) is 7.38. The summed E-state index contributed by atoms with van der Waals surface area (Å²) in [5.41, 5.74) is 8.68. The number of benzene rings is 2. The zero-order valence-electron chi connectivity index (χ0n) is 27.3. The molecule has 5 N–H and O–H groups in total. The van der Waals surface area contributed by atoms with Crippen molar-refractivity contribution in [2.45, 2.75) is 96.9 Å². The van der Waals surface area contributed by atoms with Crippen LogP contribution in [0.3, 0.4) is 0 Å². The van der Waals surface area contributed by atoms with Gasteiger partial charge in [0, 0.05) is 28.7 Å². The summed E-state index contributed by atoms with van der Waals surface area (Å²) in [6, 6.07) is 9.89. The fourth-order valence-corrected chi connectivity index (χ4v) is 7.58. The highest BCUT2D eigenvalue weighted by molar-refractivity contribution is 7.22. The van der Waals surface area contributed by atoms with E-state index in [-0.39, 0.29) is 53.8 Å². The van der Waals surface area contributed by atoms with Gasteiger partial charge in [-0.2, -0.15) is 5.10 Å². The number of amidine groups is 1. The van der Waals surface area contributed by atoms with E-state index in [0.29, 0.717) is 34.2 Å². The van der Waals surface area contributed by atoms with Gasteiger partial charge < -0.3 is 35.6 Å². The third-order valence-electron chi connectivity index (χ3n) is 8.99. The number of halogens is 3. The maximum Gasteiger partial charge on any atom is 0.573 e. The Labute approximate surface area is 281 Å². The van der Waals surface area contributed by atoms with Crippen LogP contribution in [-0.4, -0.2) is 40.6 Å². The molecule has 0 saturated heterocycles. The Morgan fingerprint density at radius 1 is 1.17 bits per heavy atom. The lowest BCUT2D eigenvalue weighted by Crippen LogP contribution is -2.43. The van der Waals surface area contributed by atoms with Crippen molar-refractivity contribution in [3.05, 3.63) is 53.3 Å². The summed E-state index contributed by atoms with van der Waals surface area (Å²) in [4.78, 5) is 4.92. The molecule has 0 radical (unpaired) electrons. The van der Waals surface area contributed by atoms with Crippen LogP contribution in [0.4, 0.5) is 18.3 Å². The van der Waals surface area contributed by atoms with Gasteiger partial charge in [0.15, 0.2) is 5.13 Å². The molecule has 48 heavy (non-hydrogen) atoms. The van der Waals surface area contributed by atoms with Gasteiger partial charge in [-0.1, -0.05) is 48.9 Å². The zero-order valence-corrected chi connectivity index (χ0v) is 28.2. The summed E-state index contributed by atoms with van der Waals surface area (Å²) in [5, 5.41) is 12.4. The molecule has 4 aromatic rings. The topological polar surface area (TPSA) is 143 Å². The first kappa shape index (κ1) is 33.8. The first-order valence-corrected chi connectivity index (χ1v) is 17.1. The SMILES string of the molecule is CCC1CC(OCc2c(-c3ccccc3OC(F)(F)F)noc2C2CC2)CC(C)C1Nc1nc2c(OC(C)C)cc(C(N)=NN)cc2s1. The molecule has 0 amide bonds. The van der Waals surface area contributed by atoms with Gasteiger partial charge in [0.25, 0.3) is 0 Å². The van der Waals surface area contributed by atoms with Gasteiger partial charge in [0.1, 0.15) is 34.3 Å². The number of nitrogens with two attached hydrogens (primary N) is 2. The minimum atomic E-state index is -4.83. The second-order valence-corrected chi connectivity index (χ2v) is 14.0. The highest BCUT2D eigenvalue weighted by atomic mass is 32.1. The van der Waals surface area contributed by atoms with E-state index in [9.17, 15) is 13.2 Å². The molecule has 10 nitrogen and oxygen atoms in total. The summed E-state index contributed by atoms with van der Waals surface area (Å²) >= 11 is 1.53. The van der Waals surface area contributed by atoms with E-state index in [1.165, 1.54) is 23.5 Å². The molecule has 2 aliphatic carbocycles. The van der Waals surface area contributed by atoms with Crippen LogP contribution in [0.5, 0.6) is 11.5 Å². The van der Waals surface area contributed by atoms with Crippen molar-refractivity contribution in [1.82, 2.24) is 10.1 Å². The number of hydrogen-bond donors (Lipinski definition) is 3. The largest absolute Gasteiger partial charge is 0.573 e. The van der Waals surface area contributed by atoms with Crippen molar-refractivity contribution in [2.24, 2.45) is 28.5 Å². The maximum absolute atomic E-state index is 13.2. The van der Waals surface area contributed by atoms with Crippen LogP contribution in [0.25, 0.3) is 21.5 Å². The van der Waals surface area contributed by atoms with Crippen molar-refractivity contribution in [1.29, 1.82) is 0 Å². The lowest BCUT2D eigenvalue weighted by Gasteiger charge is -2.40. The van der Waals surface area contributed by atoms with E-state index < -0.39 is 6.36 Å². The van der Waals surface area contributed by atoms with Gasteiger partial charge in [0.05, 0.1) is 23.5 Å². The molecular weight excluding hydrogens is 645 g/mol. The Balaban J connectivity index is 1.19. The van der Waals surface area contributed by atoms with Crippen LogP contribution in [0.2, 0.25) is 0 Å². The molecule has 0 bridgehead atoms. The van der Waals surface area contributed by atoms with Crippen LogP contribution in [0, 0.1) is 11.8 Å². The smallest absolute Gasteiger partial charge is 0.489 e. The number of ether oxygens (including phenoxy) is 3. The summed E-state index contributed by atoms with van der Waals surface area (Å²) in [6.07, 6.45) is -0.527. The maximum atomic E-state index is 13.2. The number of fused-ring (bicyclic) bond motifs is 1. The summed E-state index contributed by atoms with van der Waals surface area (Å²) in [6.45, 7) is 8.47. The molecule has 2 fully saturated rings. The fourth-order valence-electron chi connectivity index (χ4n) is 6.61.